The standard InChI is InChI=1S/C25H39NO5S/c1-24(2,3)19-13-18(14-20(23(19)29)25(4,5)6)22(21(28)16-27)26(32(7,30)31)15-17-11-9-8-10-12-17/h13-14,16-17,22,29H,8-12,15H2,1-7H3. The van der Waals surface area contributed by atoms with Gasteiger partial charge in [-0.05, 0) is 58.4 Å². The Morgan fingerprint density at radius 3 is 1.91 bits per heavy atom. The second-order valence-corrected chi connectivity index (χ2v) is 13.2. The van der Waals surface area contributed by atoms with Gasteiger partial charge in [-0.15, -0.1) is 0 Å². The SMILES string of the molecule is CC(C)(C)c1cc(C(C(=O)C=O)N(CC2CCCCC2)S(C)(=O)=O)cc(C(C)(C)C)c1O. The fourth-order valence-electron chi connectivity index (χ4n) is 4.55. The molecule has 0 saturated heterocycles. The first-order valence-corrected chi connectivity index (χ1v) is 13.3. The first kappa shape index (κ1) is 26.5. The van der Waals surface area contributed by atoms with Gasteiger partial charge in [0.05, 0.1) is 6.26 Å². The van der Waals surface area contributed by atoms with Gasteiger partial charge in [-0.25, -0.2) is 8.42 Å². The molecule has 1 N–H and O–H groups in total. The molecule has 1 saturated carbocycles. The van der Waals surface area contributed by atoms with Crippen molar-refractivity contribution in [1.29, 1.82) is 0 Å². The average molecular weight is 466 g/mol. The van der Waals surface area contributed by atoms with Crippen LogP contribution < -0.4 is 0 Å². The van der Waals surface area contributed by atoms with E-state index in [0.717, 1.165) is 38.4 Å². The fourth-order valence-corrected chi connectivity index (χ4v) is 5.64. The Morgan fingerprint density at radius 2 is 1.53 bits per heavy atom. The lowest BCUT2D eigenvalue weighted by molar-refractivity contribution is -0.132. The van der Waals surface area contributed by atoms with Crippen LogP contribution in [0.25, 0.3) is 0 Å². The van der Waals surface area contributed by atoms with Crippen molar-refractivity contribution in [3.63, 3.8) is 0 Å². The van der Waals surface area contributed by atoms with E-state index in [4.69, 9.17) is 0 Å². The van der Waals surface area contributed by atoms with Crippen LogP contribution in [0.1, 0.15) is 96.4 Å². The molecule has 0 aliphatic heterocycles. The summed E-state index contributed by atoms with van der Waals surface area (Å²) in [4.78, 5) is 24.6. The zero-order valence-corrected chi connectivity index (χ0v) is 21.4. The Hall–Kier alpha value is -1.73. The summed E-state index contributed by atoms with van der Waals surface area (Å²) in [7, 11) is -3.78. The minimum atomic E-state index is -3.78. The Bertz CT molecular complexity index is 913. The molecule has 0 spiro atoms. The van der Waals surface area contributed by atoms with Gasteiger partial charge in [0.1, 0.15) is 11.8 Å². The summed E-state index contributed by atoms with van der Waals surface area (Å²) in [6, 6.07) is 2.14. The van der Waals surface area contributed by atoms with Crippen LogP contribution in [0, 0.1) is 5.92 Å². The van der Waals surface area contributed by atoms with Gasteiger partial charge in [-0.1, -0.05) is 60.8 Å². The van der Waals surface area contributed by atoms with Crippen LogP contribution in [0.3, 0.4) is 0 Å². The highest BCUT2D eigenvalue weighted by Crippen LogP contribution is 2.42. The Balaban J connectivity index is 2.74. The third-order valence-electron chi connectivity index (χ3n) is 6.33. The number of carbonyl (C=O) groups excluding carboxylic acids is 2. The van der Waals surface area contributed by atoms with Crippen LogP contribution in [0.5, 0.6) is 5.75 Å². The summed E-state index contributed by atoms with van der Waals surface area (Å²) in [6.07, 6.45) is 6.33. The molecule has 32 heavy (non-hydrogen) atoms. The summed E-state index contributed by atoms with van der Waals surface area (Å²) < 4.78 is 27.0. The number of hydrogen-bond acceptors (Lipinski definition) is 5. The number of Topliss-reactive ketones (excluding diaryl/α,β-unsaturated/α-hetero) is 1. The second-order valence-electron chi connectivity index (χ2n) is 11.2. The van der Waals surface area contributed by atoms with Gasteiger partial charge in [0.15, 0.2) is 6.29 Å². The van der Waals surface area contributed by atoms with Crippen LogP contribution in [0.15, 0.2) is 12.1 Å². The van der Waals surface area contributed by atoms with E-state index in [0.29, 0.717) is 16.7 Å². The Labute approximate surface area is 193 Å². The largest absolute Gasteiger partial charge is 0.507 e. The topological polar surface area (TPSA) is 91.8 Å². The highest BCUT2D eigenvalue weighted by Gasteiger charge is 2.37. The predicted molar refractivity (Wildman–Crippen MR) is 127 cm³/mol. The van der Waals surface area contributed by atoms with Crippen LogP contribution in [-0.4, -0.2) is 42.7 Å². The van der Waals surface area contributed by atoms with Gasteiger partial charge in [0.25, 0.3) is 0 Å². The van der Waals surface area contributed by atoms with E-state index in [1.54, 1.807) is 12.1 Å². The quantitative estimate of drug-likeness (QED) is 0.468. The van der Waals surface area contributed by atoms with Gasteiger partial charge < -0.3 is 5.11 Å². The maximum atomic E-state index is 12.9. The molecule has 1 atom stereocenters. The molecule has 2 rings (SSSR count). The number of phenols is 1. The number of rotatable bonds is 7. The fraction of sp³-hybridized carbons (Fsp3) is 0.680. The first-order valence-electron chi connectivity index (χ1n) is 11.4. The summed E-state index contributed by atoms with van der Waals surface area (Å²) in [6.45, 7) is 11.9. The highest BCUT2D eigenvalue weighted by atomic mass is 32.2. The number of nitrogens with zero attached hydrogens (tertiary/aromatic N) is 1. The van der Waals surface area contributed by atoms with Crippen molar-refractivity contribution >= 4 is 22.1 Å². The molecule has 1 unspecified atom stereocenters. The molecular formula is C25H39NO5S. The van der Waals surface area contributed by atoms with Crippen LogP contribution in [0.4, 0.5) is 0 Å². The third-order valence-corrected chi connectivity index (χ3v) is 7.54. The van der Waals surface area contributed by atoms with E-state index in [1.165, 1.54) is 4.31 Å². The van der Waals surface area contributed by atoms with E-state index in [9.17, 15) is 23.1 Å². The number of aldehydes is 1. The van der Waals surface area contributed by atoms with Crippen molar-refractivity contribution in [2.45, 2.75) is 90.5 Å². The molecule has 7 heteroatoms. The lowest BCUT2D eigenvalue weighted by Crippen LogP contribution is -2.42. The molecule has 0 amide bonds. The zero-order valence-electron chi connectivity index (χ0n) is 20.6. The van der Waals surface area contributed by atoms with Gasteiger partial charge in [0, 0.05) is 6.54 Å². The molecule has 0 radical (unpaired) electrons. The number of benzene rings is 1. The van der Waals surface area contributed by atoms with E-state index in [1.807, 2.05) is 41.5 Å². The lowest BCUT2D eigenvalue weighted by Gasteiger charge is -2.34. The average Bonchev–Trinajstić information content (AvgIpc) is 2.66. The predicted octanol–water partition coefficient (Wildman–Crippen LogP) is 4.64. The molecule has 1 aromatic rings. The zero-order chi connectivity index (χ0) is 24.5. The van der Waals surface area contributed by atoms with Gasteiger partial charge in [-0.3, -0.25) is 9.59 Å². The van der Waals surface area contributed by atoms with Crippen LogP contribution in [0.2, 0.25) is 0 Å². The normalized spacial score (nSPS) is 17.4. The minimum Gasteiger partial charge on any atom is -0.507 e. The van der Waals surface area contributed by atoms with Crippen molar-refractivity contribution in [1.82, 2.24) is 4.31 Å². The monoisotopic (exact) mass is 465 g/mol. The lowest BCUT2D eigenvalue weighted by atomic mass is 9.77. The number of sulfonamides is 1. The molecule has 1 aliphatic carbocycles. The molecule has 1 aliphatic rings. The summed E-state index contributed by atoms with van der Waals surface area (Å²) in [5, 5.41) is 11.0. The van der Waals surface area contributed by atoms with Crippen molar-refractivity contribution in [2.24, 2.45) is 5.92 Å². The maximum absolute atomic E-state index is 12.9. The van der Waals surface area contributed by atoms with Crippen molar-refractivity contribution in [3.05, 3.63) is 28.8 Å². The summed E-state index contributed by atoms with van der Waals surface area (Å²) >= 11 is 0. The first-order chi connectivity index (χ1) is 14.6. The Kier molecular flexibility index (Phi) is 7.99. The van der Waals surface area contributed by atoms with Crippen LogP contribution >= 0.6 is 0 Å². The molecule has 0 aromatic heterocycles. The highest BCUT2D eigenvalue weighted by molar-refractivity contribution is 7.88. The van der Waals surface area contributed by atoms with Crippen molar-refractivity contribution in [3.8, 4) is 5.75 Å². The number of hydrogen-bond donors (Lipinski definition) is 1. The third kappa shape index (κ3) is 6.19. The molecule has 1 aromatic carbocycles. The molecule has 1 fully saturated rings. The van der Waals surface area contributed by atoms with Gasteiger partial charge in [0.2, 0.25) is 15.8 Å². The summed E-state index contributed by atoms with van der Waals surface area (Å²) in [5.74, 6) is -0.498. The molecule has 0 heterocycles. The van der Waals surface area contributed by atoms with E-state index < -0.39 is 32.7 Å². The molecule has 180 valence electrons. The van der Waals surface area contributed by atoms with Crippen molar-refractivity contribution in [2.75, 3.05) is 12.8 Å². The number of aromatic hydroxyl groups is 1. The second kappa shape index (κ2) is 9.64. The summed E-state index contributed by atoms with van der Waals surface area (Å²) in [5.41, 5.74) is 0.767. The van der Waals surface area contributed by atoms with Crippen LogP contribution in [-0.2, 0) is 30.4 Å². The number of ketones is 1. The maximum Gasteiger partial charge on any atom is 0.217 e. The molecule has 6 nitrogen and oxygen atoms in total. The van der Waals surface area contributed by atoms with Crippen molar-refractivity contribution < 1.29 is 23.1 Å². The number of phenolic OH excluding ortho intramolecular Hbond substituents is 1. The van der Waals surface area contributed by atoms with Gasteiger partial charge in [-0.2, -0.15) is 4.31 Å². The molecule has 0 bridgehead atoms. The van der Waals surface area contributed by atoms with E-state index >= 15 is 0 Å². The van der Waals surface area contributed by atoms with E-state index in [-0.39, 0.29) is 24.5 Å². The Morgan fingerprint density at radius 1 is 1.06 bits per heavy atom. The molecular weight excluding hydrogens is 426 g/mol. The van der Waals surface area contributed by atoms with Gasteiger partial charge >= 0.3 is 0 Å². The smallest absolute Gasteiger partial charge is 0.217 e. The number of carbonyl (C=O) groups is 2. The minimum absolute atomic E-state index is 0.143. The van der Waals surface area contributed by atoms with E-state index in [2.05, 4.69) is 0 Å².